The van der Waals surface area contributed by atoms with Crippen LogP contribution in [0.2, 0.25) is 10.0 Å². The van der Waals surface area contributed by atoms with Gasteiger partial charge < -0.3 is 14.4 Å². The van der Waals surface area contributed by atoms with Crippen molar-refractivity contribution in [2.45, 2.75) is 39.0 Å². The van der Waals surface area contributed by atoms with Crippen LogP contribution in [0.3, 0.4) is 0 Å². The summed E-state index contributed by atoms with van der Waals surface area (Å²) >= 11 is 11.8. The standard InChI is InChI=1S/C21H22Cl2F3NO3/c1-4-5-10-27(3)20(28)13(2)29-15-6-8-16(9-7-15)30-19-17(22)11-14(12-18(19)23)21(24,25)26/h6-9,11-13H,4-5,10H2,1-3H3. The fraction of sp³-hybridized carbons (Fsp3) is 0.381. The maximum Gasteiger partial charge on any atom is 0.416 e. The Balaban J connectivity index is 2.05. The summed E-state index contributed by atoms with van der Waals surface area (Å²) in [4.78, 5) is 13.9. The van der Waals surface area contributed by atoms with Gasteiger partial charge in [-0.1, -0.05) is 36.5 Å². The first-order valence-corrected chi connectivity index (χ1v) is 10.0. The molecule has 30 heavy (non-hydrogen) atoms. The molecule has 0 radical (unpaired) electrons. The molecule has 2 rings (SSSR count). The number of halogens is 5. The molecule has 0 heterocycles. The summed E-state index contributed by atoms with van der Waals surface area (Å²) in [5, 5.41) is -0.519. The highest BCUT2D eigenvalue weighted by atomic mass is 35.5. The molecule has 0 saturated heterocycles. The van der Waals surface area contributed by atoms with E-state index in [1.165, 1.54) is 12.1 Å². The molecule has 1 unspecified atom stereocenters. The summed E-state index contributed by atoms with van der Waals surface area (Å²) in [6.07, 6.45) is -3.33. The monoisotopic (exact) mass is 463 g/mol. The van der Waals surface area contributed by atoms with Gasteiger partial charge in [-0.2, -0.15) is 13.2 Å². The number of nitrogens with zero attached hydrogens (tertiary/aromatic N) is 1. The third-order valence-corrected chi connectivity index (χ3v) is 4.81. The number of carbonyl (C=O) groups excluding carboxylic acids is 1. The van der Waals surface area contributed by atoms with E-state index in [1.807, 2.05) is 6.92 Å². The number of likely N-dealkylation sites (N-methyl/N-ethyl adjacent to an activating group) is 1. The van der Waals surface area contributed by atoms with E-state index in [0.29, 0.717) is 18.0 Å². The Kier molecular flexibility index (Phi) is 8.26. The van der Waals surface area contributed by atoms with Crippen LogP contribution in [-0.4, -0.2) is 30.5 Å². The van der Waals surface area contributed by atoms with Crippen LogP contribution in [0.25, 0.3) is 0 Å². The first-order valence-electron chi connectivity index (χ1n) is 9.28. The first-order chi connectivity index (χ1) is 14.0. The summed E-state index contributed by atoms with van der Waals surface area (Å²) in [5.74, 6) is 0.523. The van der Waals surface area contributed by atoms with Gasteiger partial charge in [0.15, 0.2) is 11.9 Å². The third kappa shape index (κ3) is 6.44. The van der Waals surface area contributed by atoms with Crippen molar-refractivity contribution in [3.8, 4) is 17.2 Å². The summed E-state index contributed by atoms with van der Waals surface area (Å²) in [6.45, 7) is 4.37. The van der Waals surface area contributed by atoms with Gasteiger partial charge >= 0.3 is 6.18 Å². The Bertz CT molecular complexity index is 850. The van der Waals surface area contributed by atoms with Crippen molar-refractivity contribution in [2.24, 2.45) is 0 Å². The van der Waals surface area contributed by atoms with Crippen molar-refractivity contribution >= 4 is 29.1 Å². The number of hydrogen-bond acceptors (Lipinski definition) is 3. The zero-order valence-corrected chi connectivity index (χ0v) is 18.2. The van der Waals surface area contributed by atoms with Crippen molar-refractivity contribution in [1.29, 1.82) is 0 Å². The summed E-state index contributed by atoms with van der Waals surface area (Å²) in [5.41, 5.74) is -0.962. The molecule has 1 amide bonds. The van der Waals surface area contributed by atoms with Gasteiger partial charge in [0.2, 0.25) is 0 Å². The SMILES string of the molecule is CCCCN(C)C(=O)C(C)Oc1ccc(Oc2c(Cl)cc(C(F)(F)F)cc2Cl)cc1. The van der Waals surface area contributed by atoms with Crippen LogP contribution in [-0.2, 0) is 11.0 Å². The van der Waals surface area contributed by atoms with Gasteiger partial charge in [-0.05, 0) is 49.7 Å². The van der Waals surface area contributed by atoms with Gasteiger partial charge in [0.1, 0.15) is 11.5 Å². The van der Waals surface area contributed by atoms with E-state index in [2.05, 4.69) is 0 Å². The Hall–Kier alpha value is -2.12. The van der Waals surface area contributed by atoms with Gasteiger partial charge in [-0.15, -0.1) is 0 Å². The van der Waals surface area contributed by atoms with Crippen LogP contribution in [0, 0.1) is 0 Å². The predicted octanol–water partition coefficient (Wildman–Crippen LogP) is 6.83. The molecular formula is C21H22Cl2F3NO3. The molecule has 0 spiro atoms. The molecule has 9 heteroatoms. The van der Waals surface area contributed by atoms with Crippen molar-refractivity contribution in [3.05, 3.63) is 52.0 Å². The molecule has 0 bridgehead atoms. The number of ether oxygens (including phenoxy) is 2. The molecule has 4 nitrogen and oxygen atoms in total. The lowest BCUT2D eigenvalue weighted by molar-refractivity contribution is -0.138. The second kappa shape index (κ2) is 10.3. The number of benzene rings is 2. The maximum atomic E-state index is 12.8. The second-order valence-electron chi connectivity index (χ2n) is 6.71. The number of carbonyl (C=O) groups is 1. The van der Waals surface area contributed by atoms with E-state index in [9.17, 15) is 18.0 Å². The topological polar surface area (TPSA) is 38.8 Å². The largest absolute Gasteiger partial charge is 0.481 e. The summed E-state index contributed by atoms with van der Waals surface area (Å²) in [6, 6.07) is 7.74. The Morgan fingerprint density at radius 3 is 2.13 bits per heavy atom. The van der Waals surface area contributed by atoms with Crippen LogP contribution in [0.15, 0.2) is 36.4 Å². The van der Waals surface area contributed by atoms with Crippen LogP contribution < -0.4 is 9.47 Å². The molecule has 0 aliphatic heterocycles. The number of alkyl halides is 3. The number of hydrogen-bond donors (Lipinski definition) is 0. The van der Waals surface area contributed by atoms with Crippen molar-refractivity contribution in [2.75, 3.05) is 13.6 Å². The minimum absolute atomic E-state index is 0.0823. The average molecular weight is 464 g/mol. The highest BCUT2D eigenvalue weighted by Crippen LogP contribution is 2.41. The Morgan fingerprint density at radius 1 is 1.10 bits per heavy atom. The quantitative estimate of drug-likeness (QED) is 0.430. The van der Waals surface area contributed by atoms with Crippen LogP contribution in [0.5, 0.6) is 17.2 Å². The number of amides is 1. The molecule has 1 atom stereocenters. The van der Waals surface area contributed by atoms with Crippen molar-refractivity contribution < 1.29 is 27.4 Å². The zero-order chi connectivity index (χ0) is 22.5. The highest BCUT2D eigenvalue weighted by molar-refractivity contribution is 6.37. The highest BCUT2D eigenvalue weighted by Gasteiger charge is 2.32. The Morgan fingerprint density at radius 2 is 1.63 bits per heavy atom. The minimum atomic E-state index is -4.57. The number of unbranched alkanes of at least 4 members (excludes halogenated alkanes) is 1. The second-order valence-corrected chi connectivity index (χ2v) is 7.53. The zero-order valence-electron chi connectivity index (χ0n) is 16.7. The van der Waals surface area contributed by atoms with Crippen molar-refractivity contribution in [3.63, 3.8) is 0 Å². The molecule has 0 N–H and O–H groups in total. The molecule has 0 aromatic heterocycles. The van der Waals surface area contributed by atoms with Gasteiger partial charge in [0.25, 0.3) is 5.91 Å². The first kappa shape index (κ1) is 24.2. The lowest BCUT2D eigenvalue weighted by Gasteiger charge is -2.22. The maximum absolute atomic E-state index is 12.8. The van der Waals surface area contributed by atoms with Crippen LogP contribution in [0.1, 0.15) is 32.3 Å². The smallest absolute Gasteiger partial charge is 0.416 e. The average Bonchev–Trinajstić information content (AvgIpc) is 2.68. The summed E-state index contributed by atoms with van der Waals surface area (Å²) < 4.78 is 49.7. The van der Waals surface area contributed by atoms with E-state index in [1.54, 1.807) is 31.0 Å². The molecule has 0 aliphatic carbocycles. The lowest BCUT2D eigenvalue weighted by Crippen LogP contribution is -2.38. The molecule has 0 fully saturated rings. The van der Waals surface area contributed by atoms with Crippen LogP contribution >= 0.6 is 23.2 Å². The van der Waals surface area contributed by atoms with E-state index in [4.69, 9.17) is 32.7 Å². The van der Waals surface area contributed by atoms with E-state index >= 15 is 0 Å². The third-order valence-electron chi connectivity index (χ3n) is 4.25. The number of rotatable bonds is 8. The summed E-state index contributed by atoms with van der Waals surface area (Å²) in [7, 11) is 1.73. The molecule has 2 aromatic rings. The fourth-order valence-corrected chi connectivity index (χ4v) is 3.16. The van der Waals surface area contributed by atoms with E-state index < -0.39 is 17.8 Å². The molecule has 0 saturated carbocycles. The molecular weight excluding hydrogens is 442 g/mol. The van der Waals surface area contributed by atoms with E-state index in [0.717, 1.165) is 25.0 Å². The fourth-order valence-electron chi connectivity index (χ4n) is 2.60. The van der Waals surface area contributed by atoms with Crippen molar-refractivity contribution in [1.82, 2.24) is 4.90 Å². The molecule has 2 aromatic carbocycles. The van der Waals surface area contributed by atoms with Gasteiger partial charge in [0.05, 0.1) is 15.6 Å². The molecule has 164 valence electrons. The van der Waals surface area contributed by atoms with Gasteiger partial charge in [0, 0.05) is 13.6 Å². The predicted molar refractivity (Wildman–Crippen MR) is 111 cm³/mol. The van der Waals surface area contributed by atoms with Gasteiger partial charge in [-0.3, -0.25) is 4.79 Å². The van der Waals surface area contributed by atoms with Gasteiger partial charge in [-0.25, -0.2) is 0 Å². The normalized spacial score (nSPS) is 12.4. The van der Waals surface area contributed by atoms with E-state index in [-0.39, 0.29) is 21.7 Å². The van der Waals surface area contributed by atoms with Crippen LogP contribution in [0.4, 0.5) is 13.2 Å². The lowest BCUT2D eigenvalue weighted by atomic mass is 10.2. The molecule has 0 aliphatic rings. The minimum Gasteiger partial charge on any atom is -0.481 e. The Labute approximate surface area is 183 Å².